The molecule has 3 aromatic rings. The normalized spacial score (nSPS) is 19.1. The fourth-order valence-corrected chi connectivity index (χ4v) is 5.49. The van der Waals surface area contributed by atoms with Gasteiger partial charge in [0, 0.05) is 55.8 Å². The highest BCUT2D eigenvalue weighted by atomic mass is 16.7. The van der Waals surface area contributed by atoms with Gasteiger partial charge in [-0.1, -0.05) is 23.4 Å². The highest BCUT2D eigenvalue weighted by Gasteiger charge is 2.44. The van der Waals surface area contributed by atoms with Crippen LogP contribution in [-0.4, -0.2) is 81.6 Å². The molecule has 5 rings (SSSR count). The summed E-state index contributed by atoms with van der Waals surface area (Å²) in [6.07, 6.45) is -0.0146. The minimum absolute atomic E-state index is 0.0662. The second-order valence-electron chi connectivity index (χ2n) is 12.2. The van der Waals surface area contributed by atoms with Crippen LogP contribution in [0.1, 0.15) is 50.4 Å². The van der Waals surface area contributed by atoms with Crippen LogP contribution < -0.4 is 10.2 Å². The molecule has 2 aromatic carbocycles. The number of pyridine rings is 1. The molecule has 1 atom stereocenters. The van der Waals surface area contributed by atoms with Crippen LogP contribution in [0.25, 0.3) is 10.9 Å². The first kappa shape index (κ1) is 30.2. The monoisotopic (exact) mass is 589 g/mol. The molecular weight excluding hydrogens is 550 g/mol. The molecule has 3 heterocycles. The van der Waals surface area contributed by atoms with Gasteiger partial charge in [-0.05, 0) is 69.7 Å². The number of aromatic nitrogens is 1. The maximum absolute atomic E-state index is 12.5. The van der Waals surface area contributed by atoms with Crippen LogP contribution in [0.15, 0.2) is 59.8 Å². The molecule has 1 saturated heterocycles. The Balaban J connectivity index is 1.20. The molecule has 228 valence electrons. The first-order chi connectivity index (χ1) is 20.5. The van der Waals surface area contributed by atoms with E-state index in [2.05, 4.69) is 15.0 Å². The average Bonchev–Trinajstić information content (AvgIpc) is 3.38. The van der Waals surface area contributed by atoms with Gasteiger partial charge in [0.2, 0.25) is 5.91 Å². The predicted octanol–water partition coefficient (Wildman–Crippen LogP) is 4.43. The molecule has 2 amide bonds. The summed E-state index contributed by atoms with van der Waals surface area (Å²) in [5.41, 5.74) is 4.74. The van der Waals surface area contributed by atoms with E-state index in [1.807, 2.05) is 82.3 Å². The largest absolute Gasteiger partial charge is 0.489 e. The number of fused-ring (bicyclic) bond motifs is 1. The van der Waals surface area contributed by atoms with Gasteiger partial charge in [-0.3, -0.25) is 19.9 Å². The first-order valence-electron chi connectivity index (χ1n) is 14.5. The number of piperazine rings is 1. The van der Waals surface area contributed by atoms with Crippen molar-refractivity contribution in [1.82, 2.24) is 20.3 Å². The lowest BCUT2D eigenvalue weighted by atomic mass is 9.90. The van der Waals surface area contributed by atoms with Crippen LogP contribution in [0.2, 0.25) is 0 Å². The predicted molar refractivity (Wildman–Crippen MR) is 161 cm³/mol. The van der Waals surface area contributed by atoms with Crippen LogP contribution in [0, 0.1) is 6.92 Å². The van der Waals surface area contributed by atoms with Crippen molar-refractivity contribution in [3.8, 4) is 5.75 Å². The van der Waals surface area contributed by atoms with Crippen LogP contribution in [0.4, 0.5) is 4.79 Å². The molecule has 0 radical (unpaired) electrons. The van der Waals surface area contributed by atoms with Gasteiger partial charge in [0.1, 0.15) is 18.0 Å². The zero-order chi connectivity index (χ0) is 30.6. The van der Waals surface area contributed by atoms with Gasteiger partial charge in [0.15, 0.2) is 5.60 Å². The summed E-state index contributed by atoms with van der Waals surface area (Å²) in [6.45, 7) is 10.5. The third kappa shape index (κ3) is 7.60. The summed E-state index contributed by atoms with van der Waals surface area (Å²) in [5.74, 6) is 0.169. The van der Waals surface area contributed by atoms with Crippen LogP contribution >= 0.6 is 0 Å². The standard InChI is InChI=1S/C32H39N5O6/c1-22-17-24(26-7-5-6-8-27(26)33-22)20-41-25-11-9-23(10-12-25)28-18-32(43-35-28,19-29(38)34-40)21-36-13-15-37(16-14-36)30(39)42-31(2,3)4/h5-12,17,40H,13-16,18-21H2,1-4H3,(H,34,38). The summed E-state index contributed by atoms with van der Waals surface area (Å²) in [6, 6.07) is 17.7. The van der Waals surface area contributed by atoms with Crippen molar-refractivity contribution in [2.75, 3.05) is 32.7 Å². The van der Waals surface area contributed by atoms with E-state index in [9.17, 15) is 14.8 Å². The molecule has 0 saturated carbocycles. The van der Waals surface area contributed by atoms with E-state index in [1.165, 1.54) is 0 Å². The second-order valence-corrected chi connectivity index (χ2v) is 12.2. The molecule has 43 heavy (non-hydrogen) atoms. The number of oxime groups is 1. The van der Waals surface area contributed by atoms with Crippen LogP contribution in [0.3, 0.4) is 0 Å². The Morgan fingerprint density at radius 1 is 1.07 bits per heavy atom. The van der Waals surface area contributed by atoms with Crippen molar-refractivity contribution in [3.05, 3.63) is 71.4 Å². The maximum atomic E-state index is 12.5. The number of nitrogens with zero attached hydrogens (tertiary/aromatic N) is 4. The average molecular weight is 590 g/mol. The van der Waals surface area contributed by atoms with Gasteiger partial charge in [-0.25, -0.2) is 10.3 Å². The lowest BCUT2D eigenvalue weighted by molar-refractivity contribution is -0.137. The van der Waals surface area contributed by atoms with Crippen molar-refractivity contribution in [2.45, 2.75) is 58.3 Å². The number of hydrogen-bond donors (Lipinski definition) is 2. The zero-order valence-electron chi connectivity index (χ0n) is 25.1. The molecule has 2 aliphatic heterocycles. The van der Waals surface area contributed by atoms with Gasteiger partial charge < -0.3 is 19.2 Å². The maximum Gasteiger partial charge on any atom is 0.410 e. The number of hydrogen-bond acceptors (Lipinski definition) is 9. The fraction of sp³-hybridized carbons (Fsp3) is 0.438. The summed E-state index contributed by atoms with van der Waals surface area (Å²) < 4.78 is 11.6. The Kier molecular flexibility index (Phi) is 8.84. The van der Waals surface area contributed by atoms with Crippen LogP contribution in [-0.2, 0) is 21.0 Å². The molecule has 0 aliphatic carbocycles. The number of para-hydroxylation sites is 1. The number of amides is 2. The lowest BCUT2D eigenvalue weighted by Gasteiger charge is -2.39. The lowest BCUT2D eigenvalue weighted by Crippen LogP contribution is -2.54. The molecule has 11 heteroatoms. The Bertz CT molecular complexity index is 1490. The molecule has 11 nitrogen and oxygen atoms in total. The number of hydroxylamine groups is 1. The van der Waals surface area contributed by atoms with Crippen molar-refractivity contribution in [1.29, 1.82) is 0 Å². The van der Waals surface area contributed by atoms with Crippen molar-refractivity contribution >= 4 is 28.6 Å². The highest BCUT2D eigenvalue weighted by molar-refractivity contribution is 6.02. The first-order valence-corrected chi connectivity index (χ1v) is 14.5. The SMILES string of the molecule is Cc1cc(COc2ccc(C3=NOC(CC(=O)NO)(CN4CCN(C(=O)OC(C)(C)C)CC4)C3)cc2)c2ccccc2n1. The van der Waals surface area contributed by atoms with Crippen molar-refractivity contribution in [3.63, 3.8) is 0 Å². The van der Waals surface area contributed by atoms with E-state index in [1.54, 1.807) is 10.4 Å². The zero-order valence-corrected chi connectivity index (χ0v) is 25.1. The summed E-state index contributed by atoms with van der Waals surface area (Å²) in [5, 5.41) is 14.7. The van der Waals surface area contributed by atoms with E-state index in [-0.39, 0.29) is 12.5 Å². The smallest absolute Gasteiger partial charge is 0.410 e. The third-order valence-corrected chi connectivity index (χ3v) is 7.49. The quantitative estimate of drug-likeness (QED) is 0.292. The molecular formula is C32H39N5O6. The number of nitrogens with one attached hydrogen (secondary N) is 1. The summed E-state index contributed by atoms with van der Waals surface area (Å²) in [4.78, 5) is 39.1. The molecule has 0 bridgehead atoms. The number of aryl methyl sites for hydroxylation is 1. The Morgan fingerprint density at radius 3 is 2.49 bits per heavy atom. The van der Waals surface area contributed by atoms with Crippen LogP contribution in [0.5, 0.6) is 5.75 Å². The molecule has 2 N–H and O–H groups in total. The minimum atomic E-state index is -0.953. The van der Waals surface area contributed by atoms with E-state index in [0.29, 0.717) is 51.5 Å². The molecule has 0 spiro atoms. The van der Waals surface area contributed by atoms with E-state index < -0.39 is 17.1 Å². The Labute approximate surface area is 251 Å². The van der Waals surface area contributed by atoms with Gasteiger partial charge in [0.25, 0.3) is 0 Å². The van der Waals surface area contributed by atoms with E-state index in [4.69, 9.17) is 14.3 Å². The van der Waals surface area contributed by atoms with Gasteiger partial charge >= 0.3 is 6.09 Å². The number of benzene rings is 2. The van der Waals surface area contributed by atoms with Gasteiger partial charge in [-0.2, -0.15) is 0 Å². The number of rotatable bonds is 8. The van der Waals surface area contributed by atoms with E-state index >= 15 is 0 Å². The number of carbonyl (C=O) groups excluding carboxylic acids is 2. The fourth-order valence-electron chi connectivity index (χ4n) is 5.49. The summed E-state index contributed by atoms with van der Waals surface area (Å²) >= 11 is 0. The molecule has 1 aromatic heterocycles. The Morgan fingerprint density at radius 2 is 1.79 bits per heavy atom. The summed E-state index contributed by atoms with van der Waals surface area (Å²) in [7, 11) is 0. The van der Waals surface area contributed by atoms with Crippen molar-refractivity contribution < 1.29 is 29.1 Å². The Hall–Kier alpha value is -4.22. The minimum Gasteiger partial charge on any atom is -0.489 e. The third-order valence-electron chi connectivity index (χ3n) is 7.49. The topological polar surface area (TPSA) is 126 Å². The number of carbonyl (C=O) groups is 2. The van der Waals surface area contributed by atoms with Crippen molar-refractivity contribution in [2.24, 2.45) is 5.16 Å². The molecule has 2 aliphatic rings. The highest BCUT2D eigenvalue weighted by Crippen LogP contribution is 2.32. The molecule has 1 unspecified atom stereocenters. The van der Waals surface area contributed by atoms with E-state index in [0.717, 1.165) is 33.5 Å². The number of ether oxygens (including phenoxy) is 2. The second kappa shape index (κ2) is 12.6. The van der Waals surface area contributed by atoms with Gasteiger partial charge in [0.05, 0.1) is 17.6 Å². The van der Waals surface area contributed by atoms with Gasteiger partial charge in [-0.15, -0.1) is 0 Å². The molecule has 1 fully saturated rings.